The number of allylic oxidation sites excluding steroid dienone is 6. The van der Waals surface area contributed by atoms with Crippen LogP contribution in [0.2, 0.25) is 0 Å². The smallest absolute Gasteiger partial charge is 0.133 e. The number of fused-ring (bicyclic) bond motifs is 1. The van der Waals surface area contributed by atoms with Gasteiger partial charge in [0.1, 0.15) is 11.4 Å². The number of aliphatic imine (C=N–C) groups is 1. The predicted octanol–water partition coefficient (Wildman–Crippen LogP) is 5.39. The van der Waals surface area contributed by atoms with E-state index in [9.17, 15) is 9.50 Å². The van der Waals surface area contributed by atoms with Crippen molar-refractivity contribution in [1.29, 1.82) is 5.26 Å². The average Bonchev–Trinajstić information content (AvgIpc) is 3.37. The molecule has 2 heterocycles. The molecule has 0 bridgehead atoms. The van der Waals surface area contributed by atoms with Gasteiger partial charge in [0.05, 0.1) is 29.9 Å². The summed E-state index contributed by atoms with van der Waals surface area (Å²) in [5.74, 6) is -0.778. The van der Waals surface area contributed by atoms with Crippen LogP contribution in [-0.4, -0.2) is 20.9 Å². The SMILES string of the molecule is C=C(C=NC=C(C)C)c1ccc(C2(O)C[C@H](C3CC=C(C#N)C=C3F)n3cncc32)cc1. The molecule has 0 spiro atoms. The zero-order valence-electron chi connectivity index (χ0n) is 18.2. The van der Waals surface area contributed by atoms with E-state index in [-0.39, 0.29) is 11.9 Å². The lowest BCUT2D eigenvalue weighted by Gasteiger charge is -2.27. The van der Waals surface area contributed by atoms with Crippen LogP contribution in [0.25, 0.3) is 5.57 Å². The molecule has 1 N–H and O–H groups in total. The second-order valence-electron chi connectivity index (χ2n) is 8.55. The van der Waals surface area contributed by atoms with Gasteiger partial charge in [-0.15, -0.1) is 0 Å². The predicted molar refractivity (Wildman–Crippen MR) is 123 cm³/mol. The summed E-state index contributed by atoms with van der Waals surface area (Å²) in [4.78, 5) is 8.47. The molecule has 1 aromatic heterocycles. The monoisotopic (exact) mass is 428 g/mol. The number of halogens is 1. The Morgan fingerprint density at radius 1 is 1.38 bits per heavy atom. The molecule has 5 nitrogen and oxygen atoms in total. The Balaban J connectivity index is 1.60. The quantitative estimate of drug-likeness (QED) is 0.649. The lowest BCUT2D eigenvalue weighted by molar-refractivity contribution is 0.0718. The zero-order chi connectivity index (χ0) is 22.9. The van der Waals surface area contributed by atoms with E-state index in [1.54, 1.807) is 31.0 Å². The van der Waals surface area contributed by atoms with Crippen LogP contribution >= 0.6 is 0 Å². The number of hydrogen-bond donors (Lipinski definition) is 1. The minimum atomic E-state index is -1.28. The van der Waals surface area contributed by atoms with Crippen LogP contribution in [0.5, 0.6) is 0 Å². The number of hydrogen-bond acceptors (Lipinski definition) is 4. The van der Waals surface area contributed by atoms with E-state index in [0.717, 1.165) is 16.7 Å². The molecule has 6 heteroatoms. The van der Waals surface area contributed by atoms with E-state index in [1.165, 1.54) is 6.08 Å². The van der Waals surface area contributed by atoms with Gasteiger partial charge in [-0.25, -0.2) is 9.37 Å². The number of nitrogens with zero attached hydrogens (tertiary/aromatic N) is 4. The molecule has 2 aliphatic rings. The summed E-state index contributed by atoms with van der Waals surface area (Å²) in [6.07, 6.45) is 10.5. The fourth-order valence-corrected chi connectivity index (χ4v) is 4.41. The summed E-state index contributed by atoms with van der Waals surface area (Å²) >= 11 is 0. The van der Waals surface area contributed by atoms with Crippen molar-refractivity contribution in [3.05, 3.63) is 95.5 Å². The minimum Gasteiger partial charge on any atom is -0.379 e. The van der Waals surface area contributed by atoms with E-state index in [4.69, 9.17) is 5.26 Å². The largest absolute Gasteiger partial charge is 0.379 e. The van der Waals surface area contributed by atoms with E-state index >= 15 is 0 Å². The molecular formula is C26H25FN4O. The highest BCUT2D eigenvalue weighted by atomic mass is 19.1. The van der Waals surface area contributed by atoms with Crippen molar-refractivity contribution >= 4 is 11.8 Å². The Kier molecular flexibility index (Phi) is 5.77. The van der Waals surface area contributed by atoms with Crippen LogP contribution < -0.4 is 0 Å². The van der Waals surface area contributed by atoms with Crippen LogP contribution in [0.3, 0.4) is 0 Å². The molecule has 1 aliphatic carbocycles. The molecule has 162 valence electrons. The minimum absolute atomic E-state index is 0.295. The maximum absolute atomic E-state index is 14.8. The zero-order valence-corrected chi connectivity index (χ0v) is 18.2. The molecule has 1 aromatic carbocycles. The number of rotatable bonds is 5. The van der Waals surface area contributed by atoms with Crippen molar-refractivity contribution in [2.75, 3.05) is 0 Å². The van der Waals surface area contributed by atoms with Crippen LogP contribution in [0.15, 0.2) is 83.7 Å². The first-order valence-electron chi connectivity index (χ1n) is 10.5. The van der Waals surface area contributed by atoms with Gasteiger partial charge in [-0.05, 0) is 43.0 Å². The fraction of sp³-hybridized carbons (Fsp3) is 0.269. The Bertz CT molecular complexity index is 1210. The second-order valence-corrected chi connectivity index (χ2v) is 8.55. The lowest BCUT2D eigenvalue weighted by Crippen LogP contribution is -2.25. The molecule has 1 aliphatic heterocycles. The maximum atomic E-state index is 14.8. The van der Waals surface area contributed by atoms with Gasteiger partial charge in [-0.2, -0.15) is 5.26 Å². The summed E-state index contributed by atoms with van der Waals surface area (Å²) in [5, 5.41) is 20.7. The van der Waals surface area contributed by atoms with Crippen LogP contribution in [0, 0.1) is 17.2 Å². The highest BCUT2D eigenvalue weighted by Gasteiger charge is 2.47. The molecule has 0 saturated carbocycles. The Morgan fingerprint density at radius 2 is 2.12 bits per heavy atom. The highest BCUT2D eigenvalue weighted by molar-refractivity contribution is 6.08. The molecule has 4 rings (SSSR count). The van der Waals surface area contributed by atoms with Crippen molar-refractivity contribution in [3.63, 3.8) is 0 Å². The molecule has 0 saturated heterocycles. The normalized spacial score (nSPS) is 24.5. The lowest BCUT2D eigenvalue weighted by atomic mass is 9.82. The van der Waals surface area contributed by atoms with Crippen LogP contribution in [-0.2, 0) is 5.60 Å². The van der Waals surface area contributed by atoms with Gasteiger partial charge < -0.3 is 9.67 Å². The van der Waals surface area contributed by atoms with Gasteiger partial charge >= 0.3 is 0 Å². The van der Waals surface area contributed by atoms with E-state index in [2.05, 4.69) is 16.6 Å². The van der Waals surface area contributed by atoms with Crippen molar-refractivity contribution in [2.45, 2.75) is 38.3 Å². The van der Waals surface area contributed by atoms with Gasteiger partial charge in [-0.3, -0.25) is 4.99 Å². The molecule has 3 atom stereocenters. The van der Waals surface area contributed by atoms with Gasteiger partial charge in [0.15, 0.2) is 0 Å². The summed E-state index contributed by atoms with van der Waals surface area (Å²) in [6.45, 7) is 8.01. The van der Waals surface area contributed by atoms with Crippen LogP contribution in [0.1, 0.15) is 49.6 Å². The molecule has 0 amide bonds. The third kappa shape index (κ3) is 3.88. The molecule has 2 aromatic rings. The number of nitriles is 1. The first kappa shape index (κ1) is 21.7. The number of benzene rings is 1. The van der Waals surface area contributed by atoms with Crippen molar-refractivity contribution in [2.24, 2.45) is 10.9 Å². The van der Waals surface area contributed by atoms with E-state index < -0.39 is 11.5 Å². The summed E-state index contributed by atoms with van der Waals surface area (Å²) in [6, 6.07) is 9.25. The van der Waals surface area contributed by atoms with Crippen molar-refractivity contribution < 1.29 is 9.50 Å². The third-order valence-corrected chi connectivity index (χ3v) is 6.08. The van der Waals surface area contributed by atoms with Crippen molar-refractivity contribution in [3.8, 4) is 6.07 Å². The molecule has 0 radical (unpaired) electrons. The summed E-state index contributed by atoms with van der Waals surface area (Å²) < 4.78 is 16.7. The third-order valence-electron chi connectivity index (χ3n) is 6.08. The Hall–Kier alpha value is -3.56. The maximum Gasteiger partial charge on any atom is 0.133 e. The van der Waals surface area contributed by atoms with E-state index in [1.807, 2.05) is 48.7 Å². The summed E-state index contributed by atoms with van der Waals surface area (Å²) in [7, 11) is 0. The Morgan fingerprint density at radius 3 is 2.78 bits per heavy atom. The standard InChI is InChI=1S/C26H25FN4O/c1-17(2)13-29-14-18(3)20-5-7-21(8-6-20)26(32)11-24(31-16-30-15-25(26)31)22-9-4-19(12-28)10-23(22)27/h4-8,10,13-16,22,24,32H,3,9,11H2,1-2H3/t22?,24-,26?/m1/s1. The summed E-state index contributed by atoms with van der Waals surface area (Å²) in [5.41, 5.74) is 3.18. The van der Waals surface area contributed by atoms with Crippen molar-refractivity contribution in [1.82, 2.24) is 9.55 Å². The number of aliphatic hydroxyl groups is 1. The first-order valence-corrected chi connectivity index (χ1v) is 10.5. The number of aromatic nitrogens is 2. The molecule has 32 heavy (non-hydrogen) atoms. The topological polar surface area (TPSA) is 74.2 Å². The van der Waals surface area contributed by atoms with Gasteiger partial charge in [0.2, 0.25) is 0 Å². The molecule has 2 unspecified atom stereocenters. The van der Waals surface area contributed by atoms with E-state index in [0.29, 0.717) is 29.7 Å². The Labute approximate surface area is 187 Å². The first-order chi connectivity index (χ1) is 15.3. The molecular weight excluding hydrogens is 403 g/mol. The highest BCUT2D eigenvalue weighted by Crippen LogP contribution is 2.49. The number of imidazole rings is 1. The van der Waals surface area contributed by atoms with Gasteiger partial charge in [-0.1, -0.05) is 42.5 Å². The van der Waals surface area contributed by atoms with Crippen LogP contribution in [0.4, 0.5) is 4.39 Å². The van der Waals surface area contributed by atoms with Gasteiger partial charge in [0, 0.05) is 30.8 Å². The second kappa shape index (κ2) is 8.52. The van der Waals surface area contributed by atoms with Gasteiger partial charge in [0.25, 0.3) is 0 Å². The fourth-order valence-electron chi connectivity index (χ4n) is 4.41. The average molecular weight is 429 g/mol. The molecule has 0 fully saturated rings.